The maximum Gasteiger partial charge on any atom is 0.215 e. The van der Waals surface area contributed by atoms with E-state index in [2.05, 4.69) is 5.10 Å². The lowest BCUT2D eigenvalue weighted by atomic mass is 10.1. The standard InChI is InChI=1S/C14H16N2O2/c1-3-16-14(11(2)9-15-16)18-10-13(17)12-7-5-4-6-8-12/h4-9H,3,10H2,1-2H3. The number of aromatic nitrogens is 2. The molecule has 0 aliphatic rings. The Labute approximate surface area is 106 Å². The van der Waals surface area contributed by atoms with E-state index in [0.29, 0.717) is 11.4 Å². The summed E-state index contributed by atoms with van der Waals surface area (Å²) in [5, 5.41) is 4.17. The van der Waals surface area contributed by atoms with Gasteiger partial charge in [0.2, 0.25) is 5.88 Å². The molecule has 0 radical (unpaired) electrons. The number of benzene rings is 1. The second kappa shape index (κ2) is 5.49. The molecule has 4 heteroatoms. The second-order valence-corrected chi connectivity index (χ2v) is 4.03. The summed E-state index contributed by atoms with van der Waals surface area (Å²) in [6.07, 6.45) is 1.74. The lowest BCUT2D eigenvalue weighted by Crippen LogP contribution is -2.14. The number of aryl methyl sites for hydroxylation is 2. The van der Waals surface area contributed by atoms with Gasteiger partial charge in [-0.05, 0) is 13.8 Å². The Morgan fingerprint density at radius 2 is 2.06 bits per heavy atom. The smallest absolute Gasteiger partial charge is 0.215 e. The predicted molar refractivity (Wildman–Crippen MR) is 68.9 cm³/mol. The van der Waals surface area contributed by atoms with Crippen LogP contribution in [0.5, 0.6) is 5.88 Å². The summed E-state index contributed by atoms with van der Waals surface area (Å²) in [6.45, 7) is 4.67. The molecule has 2 aromatic rings. The highest BCUT2D eigenvalue weighted by atomic mass is 16.5. The molecule has 18 heavy (non-hydrogen) atoms. The first-order valence-electron chi connectivity index (χ1n) is 5.95. The molecule has 0 saturated heterocycles. The van der Waals surface area contributed by atoms with Gasteiger partial charge in [-0.3, -0.25) is 4.79 Å². The molecule has 1 heterocycles. The van der Waals surface area contributed by atoms with Crippen LogP contribution in [-0.4, -0.2) is 22.2 Å². The summed E-state index contributed by atoms with van der Waals surface area (Å²) >= 11 is 0. The van der Waals surface area contributed by atoms with Gasteiger partial charge < -0.3 is 4.74 Å². The minimum Gasteiger partial charge on any atom is -0.469 e. The van der Waals surface area contributed by atoms with Crippen LogP contribution in [0.4, 0.5) is 0 Å². The summed E-state index contributed by atoms with van der Waals surface area (Å²) in [4.78, 5) is 11.9. The fourth-order valence-electron chi connectivity index (χ4n) is 1.72. The highest BCUT2D eigenvalue weighted by molar-refractivity contribution is 5.97. The molecule has 2 rings (SSSR count). The van der Waals surface area contributed by atoms with E-state index in [1.807, 2.05) is 32.0 Å². The summed E-state index contributed by atoms with van der Waals surface area (Å²) in [6, 6.07) is 9.14. The maximum absolute atomic E-state index is 11.9. The fourth-order valence-corrected chi connectivity index (χ4v) is 1.72. The molecule has 0 bridgehead atoms. The first-order chi connectivity index (χ1) is 8.72. The first-order valence-corrected chi connectivity index (χ1v) is 5.95. The highest BCUT2D eigenvalue weighted by Crippen LogP contribution is 2.17. The molecule has 0 spiro atoms. The second-order valence-electron chi connectivity index (χ2n) is 4.03. The molecule has 94 valence electrons. The van der Waals surface area contributed by atoms with Crippen molar-refractivity contribution in [1.29, 1.82) is 0 Å². The van der Waals surface area contributed by atoms with Crippen molar-refractivity contribution in [3.63, 3.8) is 0 Å². The van der Waals surface area contributed by atoms with Gasteiger partial charge in [-0.25, -0.2) is 4.68 Å². The molecular formula is C14H16N2O2. The molecule has 0 fully saturated rings. The van der Waals surface area contributed by atoms with Gasteiger partial charge in [0.15, 0.2) is 12.4 Å². The average Bonchev–Trinajstić information content (AvgIpc) is 2.77. The third kappa shape index (κ3) is 2.59. The SMILES string of the molecule is CCn1ncc(C)c1OCC(=O)c1ccccc1. The Bertz CT molecular complexity index is 532. The van der Waals surface area contributed by atoms with Crippen LogP contribution in [0.1, 0.15) is 22.8 Å². The van der Waals surface area contributed by atoms with Crippen molar-refractivity contribution in [2.24, 2.45) is 0 Å². The van der Waals surface area contributed by atoms with E-state index in [1.54, 1.807) is 23.0 Å². The van der Waals surface area contributed by atoms with Gasteiger partial charge in [-0.1, -0.05) is 30.3 Å². The molecule has 0 saturated carbocycles. The van der Waals surface area contributed by atoms with Gasteiger partial charge in [0.05, 0.1) is 6.20 Å². The topological polar surface area (TPSA) is 44.1 Å². The Kier molecular flexibility index (Phi) is 3.77. The predicted octanol–water partition coefficient (Wildman–Crippen LogP) is 2.47. The van der Waals surface area contributed by atoms with Crippen molar-refractivity contribution in [1.82, 2.24) is 9.78 Å². The summed E-state index contributed by atoms with van der Waals surface area (Å²) in [7, 11) is 0. The number of carbonyl (C=O) groups excluding carboxylic acids is 1. The van der Waals surface area contributed by atoms with E-state index in [0.717, 1.165) is 12.1 Å². The first kappa shape index (κ1) is 12.4. The number of hydrogen-bond acceptors (Lipinski definition) is 3. The van der Waals surface area contributed by atoms with Crippen molar-refractivity contribution in [3.05, 3.63) is 47.7 Å². The van der Waals surface area contributed by atoms with Gasteiger partial charge in [-0.15, -0.1) is 0 Å². The number of hydrogen-bond donors (Lipinski definition) is 0. The van der Waals surface area contributed by atoms with Crippen LogP contribution in [0.15, 0.2) is 36.5 Å². The number of Topliss-reactive ketones (excluding diaryl/α,β-unsaturated/α-hetero) is 1. The normalized spacial score (nSPS) is 10.3. The van der Waals surface area contributed by atoms with Crippen molar-refractivity contribution in [2.45, 2.75) is 20.4 Å². The van der Waals surface area contributed by atoms with Crippen molar-refractivity contribution < 1.29 is 9.53 Å². The van der Waals surface area contributed by atoms with Gasteiger partial charge >= 0.3 is 0 Å². The average molecular weight is 244 g/mol. The van der Waals surface area contributed by atoms with E-state index >= 15 is 0 Å². The van der Waals surface area contributed by atoms with Crippen LogP contribution >= 0.6 is 0 Å². The molecule has 4 nitrogen and oxygen atoms in total. The molecule has 1 aromatic heterocycles. The summed E-state index contributed by atoms with van der Waals surface area (Å²) in [5.74, 6) is 0.639. The van der Waals surface area contributed by atoms with E-state index in [1.165, 1.54) is 0 Å². The number of rotatable bonds is 5. The molecule has 0 aliphatic heterocycles. The monoisotopic (exact) mass is 244 g/mol. The minimum atomic E-state index is -0.0288. The summed E-state index contributed by atoms with van der Waals surface area (Å²) in [5.41, 5.74) is 1.61. The van der Waals surface area contributed by atoms with Crippen LogP contribution in [0, 0.1) is 6.92 Å². The van der Waals surface area contributed by atoms with Crippen molar-refractivity contribution in [3.8, 4) is 5.88 Å². The van der Waals surface area contributed by atoms with Crippen molar-refractivity contribution >= 4 is 5.78 Å². The molecule has 0 N–H and O–H groups in total. The van der Waals surface area contributed by atoms with E-state index in [4.69, 9.17) is 4.74 Å². The number of carbonyl (C=O) groups is 1. The number of nitrogens with zero attached hydrogens (tertiary/aromatic N) is 2. The van der Waals surface area contributed by atoms with E-state index in [9.17, 15) is 4.79 Å². The van der Waals surface area contributed by atoms with Crippen LogP contribution in [0.25, 0.3) is 0 Å². The molecule has 0 aliphatic carbocycles. The van der Waals surface area contributed by atoms with Gasteiger partial charge in [0, 0.05) is 17.7 Å². The van der Waals surface area contributed by atoms with Gasteiger partial charge in [0.1, 0.15) is 0 Å². The molecule has 0 unspecified atom stereocenters. The molecule has 0 amide bonds. The number of ether oxygens (including phenoxy) is 1. The van der Waals surface area contributed by atoms with Crippen LogP contribution in [0.2, 0.25) is 0 Å². The zero-order valence-corrected chi connectivity index (χ0v) is 10.6. The summed E-state index contributed by atoms with van der Waals surface area (Å²) < 4.78 is 7.31. The Hall–Kier alpha value is -2.10. The quantitative estimate of drug-likeness (QED) is 0.759. The van der Waals surface area contributed by atoms with Crippen LogP contribution in [-0.2, 0) is 6.54 Å². The highest BCUT2D eigenvalue weighted by Gasteiger charge is 2.11. The Morgan fingerprint density at radius 3 is 2.72 bits per heavy atom. The lowest BCUT2D eigenvalue weighted by Gasteiger charge is -2.08. The van der Waals surface area contributed by atoms with E-state index < -0.39 is 0 Å². The van der Waals surface area contributed by atoms with Gasteiger partial charge in [0.25, 0.3) is 0 Å². The zero-order chi connectivity index (χ0) is 13.0. The lowest BCUT2D eigenvalue weighted by molar-refractivity contribution is 0.0913. The number of ketones is 1. The Morgan fingerprint density at radius 1 is 1.33 bits per heavy atom. The Balaban J connectivity index is 2.04. The minimum absolute atomic E-state index is 0.0288. The molecule has 1 aromatic carbocycles. The van der Waals surface area contributed by atoms with Crippen molar-refractivity contribution in [2.75, 3.05) is 6.61 Å². The molecule has 0 atom stereocenters. The maximum atomic E-state index is 11.9. The van der Waals surface area contributed by atoms with E-state index in [-0.39, 0.29) is 12.4 Å². The van der Waals surface area contributed by atoms with Crippen LogP contribution < -0.4 is 4.74 Å². The van der Waals surface area contributed by atoms with Gasteiger partial charge in [-0.2, -0.15) is 5.10 Å². The fraction of sp³-hybridized carbons (Fsp3) is 0.286. The van der Waals surface area contributed by atoms with Crippen LogP contribution in [0.3, 0.4) is 0 Å². The zero-order valence-electron chi connectivity index (χ0n) is 10.6. The molecular weight excluding hydrogens is 228 g/mol. The third-order valence-electron chi connectivity index (χ3n) is 2.70. The third-order valence-corrected chi connectivity index (χ3v) is 2.70. The largest absolute Gasteiger partial charge is 0.469 e.